The average Bonchev–Trinajstić information content (AvgIpc) is 2.42. The molecule has 2 rings (SSSR count). The van der Waals surface area contributed by atoms with Gasteiger partial charge in [-0.15, -0.1) is 0 Å². The van der Waals surface area contributed by atoms with E-state index < -0.39 is 23.6 Å². The Hall–Kier alpha value is -1.65. The summed E-state index contributed by atoms with van der Waals surface area (Å²) in [5.41, 5.74) is 2.60. The van der Waals surface area contributed by atoms with Gasteiger partial charge in [0, 0.05) is 0 Å². The van der Waals surface area contributed by atoms with Crippen LogP contribution in [0.4, 0.5) is 5.69 Å². The van der Waals surface area contributed by atoms with Gasteiger partial charge in [-0.2, -0.15) is 0 Å². The molecule has 1 heterocycles. The van der Waals surface area contributed by atoms with Crippen molar-refractivity contribution in [2.24, 2.45) is 0 Å². The molecule has 0 aromatic heterocycles. The summed E-state index contributed by atoms with van der Waals surface area (Å²) in [5, 5.41) is 11.1. The molecular weight excluding hydrogens is 325 g/mol. The predicted molar refractivity (Wildman–Crippen MR) is 75.4 cm³/mol. The van der Waals surface area contributed by atoms with Gasteiger partial charge in [0.2, 0.25) is 0 Å². The zero-order valence-electron chi connectivity index (χ0n) is 11.3. The third kappa shape index (κ3) is 2.92. The number of non-ortho nitro benzene ring substituents is 1. The van der Waals surface area contributed by atoms with Crippen LogP contribution in [0.1, 0.15) is 30.6 Å². The number of allylic oxidation sites excluding steroid dienone is 2. The molecule has 6 heteroatoms. The second-order valence-electron chi connectivity index (χ2n) is 4.95. The average molecular weight is 340 g/mol. The van der Waals surface area contributed by atoms with E-state index >= 15 is 0 Å². The summed E-state index contributed by atoms with van der Waals surface area (Å²) in [7, 11) is 0. The van der Waals surface area contributed by atoms with Crippen molar-refractivity contribution in [3.05, 3.63) is 51.1 Å². The number of nitrogens with zero attached hydrogens (tertiary/aromatic N) is 1. The molecule has 5 nitrogen and oxygen atoms in total. The maximum absolute atomic E-state index is 12.4. The maximum atomic E-state index is 12.4. The van der Waals surface area contributed by atoms with E-state index in [9.17, 15) is 18.7 Å². The molecule has 0 fully saturated rings. The number of rotatable bonds is 3. The first-order chi connectivity index (χ1) is 9.40. The van der Waals surface area contributed by atoms with Crippen LogP contribution in [0.5, 0.6) is 0 Å². The summed E-state index contributed by atoms with van der Waals surface area (Å²) in [6, 6.07) is 5.51. The summed E-state index contributed by atoms with van der Waals surface area (Å²) >= 11 is -2.21. The predicted octanol–water partition coefficient (Wildman–Crippen LogP) is 3.31. The standard InChI is InChI=1S/C14H15NO4Se/c1-9-7-13(20(19)8-10(9)2)14(16)11-3-5-12(6-4-11)15(17)18/h3-6,13H,7-8H2,1-2H3. The molecule has 0 saturated heterocycles. The number of ketones is 1. The molecule has 1 aliphatic rings. The Kier molecular flexibility index (Phi) is 4.26. The van der Waals surface area contributed by atoms with Gasteiger partial charge in [0.25, 0.3) is 0 Å². The van der Waals surface area contributed by atoms with E-state index in [1.54, 1.807) is 0 Å². The van der Waals surface area contributed by atoms with Crippen LogP contribution in [0.2, 0.25) is 10.1 Å². The van der Waals surface area contributed by atoms with E-state index in [4.69, 9.17) is 0 Å². The zero-order valence-corrected chi connectivity index (χ0v) is 13.0. The molecule has 0 bridgehead atoms. The fourth-order valence-electron chi connectivity index (χ4n) is 2.13. The molecule has 106 valence electrons. The van der Waals surface area contributed by atoms with Crippen LogP contribution < -0.4 is 0 Å². The van der Waals surface area contributed by atoms with Crippen molar-refractivity contribution in [2.45, 2.75) is 30.4 Å². The molecule has 0 spiro atoms. The minimum absolute atomic E-state index is 0.0493. The van der Waals surface area contributed by atoms with E-state index in [1.807, 2.05) is 13.8 Å². The number of hydrogen-bond donors (Lipinski definition) is 0. The summed E-state index contributed by atoms with van der Waals surface area (Å²) in [6.45, 7) is 3.92. The van der Waals surface area contributed by atoms with E-state index in [1.165, 1.54) is 24.3 Å². The van der Waals surface area contributed by atoms with E-state index in [0.29, 0.717) is 17.3 Å². The number of benzene rings is 1. The Morgan fingerprint density at radius 2 is 1.85 bits per heavy atom. The zero-order chi connectivity index (χ0) is 14.9. The van der Waals surface area contributed by atoms with E-state index in [0.717, 1.165) is 11.1 Å². The Balaban J connectivity index is 2.23. The summed E-state index contributed by atoms with van der Waals surface area (Å²) in [4.78, 5) is 22.0. The van der Waals surface area contributed by atoms with Crippen molar-refractivity contribution in [3.8, 4) is 0 Å². The molecule has 0 amide bonds. The van der Waals surface area contributed by atoms with Crippen molar-refractivity contribution < 1.29 is 13.6 Å². The van der Waals surface area contributed by atoms with Crippen LogP contribution in [0.3, 0.4) is 0 Å². The minimum atomic E-state index is -2.21. The molecule has 0 saturated carbocycles. The molecule has 1 aliphatic heterocycles. The van der Waals surface area contributed by atoms with Crippen molar-refractivity contribution in [1.29, 1.82) is 0 Å². The Bertz CT molecular complexity index is 619. The van der Waals surface area contributed by atoms with Crippen LogP contribution in [0.15, 0.2) is 35.4 Å². The number of carbonyl (C=O) groups excluding carboxylic acids is 1. The molecular formula is C14H15NO4Se. The SMILES string of the molecule is CC1=C(C)C[Se](=O)C(C(=O)c2ccc([N+](=O)[O-])cc2)C1. The Labute approximate surface area is 120 Å². The number of nitro benzene ring substituents is 1. The second kappa shape index (κ2) is 5.77. The molecule has 0 N–H and O–H groups in total. The monoisotopic (exact) mass is 341 g/mol. The molecule has 0 radical (unpaired) electrons. The molecule has 20 heavy (non-hydrogen) atoms. The summed E-state index contributed by atoms with van der Waals surface area (Å²) in [5.74, 6) is -0.160. The second-order valence-corrected chi connectivity index (χ2v) is 8.34. The normalized spacial score (nSPS) is 22.7. The van der Waals surface area contributed by atoms with Crippen LogP contribution in [0.25, 0.3) is 0 Å². The molecule has 0 aliphatic carbocycles. The molecule has 2 atom stereocenters. The van der Waals surface area contributed by atoms with Crippen LogP contribution in [-0.2, 0) is 3.83 Å². The van der Waals surface area contributed by atoms with Gasteiger partial charge in [-0.1, -0.05) is 0 Å². The van der Waals surface area contributed by atoms with Crippen molar-refractivity contribution in [3.63, 3.8) is 0 Å². The van der Waals surface area contributed by atoms with E-state index in [-0.39, 0.29) is 11.5 Å². The quantitative estimate of drug-likeness (QED) is 0.278. The van der Waals surface area contributed by atoms with Gasteiger partial charge in [-0.25, -0.2) is 0 Å². The third-order valence-corrected chi connectivity index (χ3v) is 7.19. The fraction of sp³-hybridized carbons (Fsp3) is 0.357. The number of Topliss-reactive ketones (excluding diaryl/α,β-unsaturated/α-hetero) is 1. The third-order valence-electron chi connectivity index (χ3n) is 3.55. The number of hydrogen-bond acceptors (Lipinski definition) is 4. The van der Waals surface area contributed by atoms with Crippen molar-refractivity contribution >= 4 is 25.3 Å². The number of nitro groups is 1. The van der Waals surface area contributed by atoms with Gasteiger partial charge in [-0.3, -0.25) is 0 Å². The van der Waals surface area contributed by atoms with Gasteiger partial charge in [0.05, 0.1) is 0 Å². The number of carbonyl (C=O) groups is 1. The van der Waals surface area contributed by atoms with Crippen molar-refractivity contribution in [2.75, 3.05) is 0 Å². The molecule has 2 unspecified atom stereocenters. The van der Waals surface area contributed by atoms with Crippen molar-refractivity contribution in [1.82, 2.24) is 0 Å². The summed E-state index contributed by atoms with van der Waals surface area (Å²) < 4.78 is 12.2. The Morgan fingerprint density at radius 1 is 1.25 bits per heavy atom. The first kappa shape index (κ1) is 14.8. The van der Waals surface area contributed by atoms with E-state index in [2.05, 4.69) is 0 Å². The molecule has 1 aromatic rings. The van der Waals surface area contributed by atoms with Gasteiger partial charge in [0.15, 0.2) is 0 Å². The molecule has 1 aromatic carbocycles. The van der Waals surface area contributed by atoms with Gasteiger partial charge in [0.1, 0.15) is 0 Å². The van der Waals surface area contributed by atoms with Crippen LogP contribution in [-0.4, -0.2) is 24.5 Å². The van der Waals surface area contributed by atoms with Gasteiger partial charge in [-0.05, 0) is 0 Å². The first-order valence-corrected chi connectivity index (χ1v) is 9.11. The fourth-order valence-corrected chi connectivity index (χ4v) is 5.66. The van der Waals surface area contributed by atoms with Crippen LogP contribution in [0, 0.1) is 10.1 Å². The van der Waals surface area contributed by atoms with Gasteiger partial charge < -0.3 is 0 Å². The van der Waals surface area contributed by atoms with Gasteiger partial charge >= 0.3 is 120 Å². The first-order valence-electron chi connectivity index (χ1n) is 6.21. The van der Waals surface area contributed by atoms with Crippen LogP contribution >= 0.6 is 0 Å². The topological polar surface area (TPSA) is 77.3 Å². The summed E-state index contributed by atoms with van der Waals surface area (Å²) in [6.07, 6.45) is 0.538. The Morgan fingerprint density at radius 3 is 2.40 bits per heavy atom.